The molecule has 2 N–H and O–H groups in total. The van der Waals surface area contributed by atoms with Gasteiger partial charge in [0.15, 0.2) is 0 Å². The molecule has 3 nitrogen and oxygen atoms in total. The number of hydrogen-bond acceptors (Lipinski definition) is 3. The smallest absolute Gasteiger partial charge is 0.0753 e. The summed E-state index contributed by atoms with van der Waals surface area (Å²) in [7, 11) is 0. The minimum atomic E-state index is 0.120. The lowest BCUT2D eigenvalue weighted by Gasteiger charge is -2.31. The van der Waals surface area contributed by atoms with Gasteiger partial charge in [0.2, 0.25) is 0 Å². The van der Waals surface area contributed by atoms with Crippen LogP contribution < -0.4 is 5.73 Å². The molecule has 94 valence electrons. The molecule has 0 aromatic heterocycles. The molecule has 0 spiro atoms. The summed E-state index contributed by atoms with van der Waals surface area (Å²) in [6.07, 6.45) is 2.05. The predicted octanol–water partition coefficient (Wildman–Crippen LogP) is 2.41. The minimum absolute atomic E-state index is 0.120. The van der Waals surface area contributed by atoms with Crippen LogP contribution in [0.3, 0.4) is 0 Å². The van der Waals surface area contributed by atoms with Crippen molar-refractivity contribution in [3.8, 4) is 0 Å². The molecule has 2 unspecified atom stereocenters. The molecule has 1 aliphatic rings. The third-order valence-corrected chi connectivity index (χ3v) is 3.35. The zero-order chi connectivity index (χ0) is 12.3. The van der Waals surface area contributed by atoms with Gasteiger partial charge in [0, 0.05) is 12.6 Å². The Morgan fingerprint density at radius 1 is 1.47 bits per heavy atom. The van der Waals surface area contributed by atoms with E-state index in [1.54, 1.807) is 0 Å². The van der Waals surface area contributed by atoms with E-state index in [1.807, 2.05) is 0 Å². The van der Waals surface area contributed by atoms with Crippen LogP contribution in [0.4, 0.5) is 0 Å². The Bertz CT molecular complexity index is 361. The number of nitrogens with two attached hydrogens (primary N) is 1. The Morgan fingerprint density at radius 3 is 2.88 bits per heavy atom. The maximum Gasteiger partial charge on any atom is 0.0753 e. The quantitative estimate of drug-likeness (QED) is 0.869. The number of benzene rings is 1. The van der Waals surface area contributed by atoms with Crippen molar-refractivity contribution < 1.29 is 4.84 Å². The third kappa shape index (κ3) is 2.86. The number of rotatable bonds is 4. The molecule has 1 aromatic carbocycles. The molecule has 0 bridgehead atoms. The number of hydroxylamine groups is 2. The lowest BCUT2D eigenvalue weighted by atomic mass is 9.96. The summed E-state index contributed by atoms with van der Waals surface area (Å²) in [5.41, 5.74) is 8.80. The van der Waals surface area contributed by atoms with Gasteiger partial charge in [0.1, 0.15) is 0 Å². The molecular weight excluding hydrogens is 212 g/mol. The molecule has 0 saturated carbocycles. The zero-order valence-corrected chi connectivity index (χ0v) is 10.7. The third-order valence-electron chi connectivity index (χ3n) is 3.35. The van der Waals surface area contributed by atoms with Crippen molar-refractivity contribution in [1.82, 2.24) is 5.06 Å². The first-order chi connectivity index (χ1) is 8.22. The van der Waals surface area contributed by atoms with Gasteiger partial charge in [-0.3, -0.25) is 4.84 Å². The normalized spacial score (nSPS) is 20.4. The SMILES string of the molecule is CCC(N)C(c1cccc(C)c1)N1CCCO1. The highest BCUT2D eigenvalue weighted by Crippen LogP contribution is 2.28. The topological polar surface area (TPSA) is 38.5 Å². The van der Waals surface area contributed by atoms with E-state index in [0.717, 1.165) is 26.0 Å². The number of hydrogen-bond donors (Lipinski definition) is 1. The van der Waals surface area contributed by atoms with E-state index in [1.165, 1.54) is 11.1 Å². The summed E-state index contributed by atoms with van der Waals surface area (Å²) < 4.78 is 0. The van der Waals surface area contributed by atoms with Gasteiger partial charge < -0.3 is 5.73 Å². The highest BCUT2D eigenvalue weighted by atomic mass is 16.7. The minimum Gasteiger partial charge on any atom is -0.326 e. The first-order valence-electron chi connectivity index (χ1n) is 6.44. The van der Waals surface area contributed by atoms with Gasteiger partial charge in [-0.2, -0.15) is 5.06 Å². The molecule has 1 aliphatic heterocycles. The Morgan fingerprint density at radius 2 is 2.29 bits per heavy atom. The first-order valence-corrected chi connectivity index (χ1v) is 6.44. The van der Waals surface area contributed by atoms with E-state index in [4.69, 9.17) is 10.6 Å². The molecule has 1 fully saturated rings. The molecule has 0 aliphatic carbocycles. The fourth-order valence-electron chi connectivity index (χ4n) is 2.39. The fourth-order valence-corrected chi connectivity index (χ4v) is 2.39. The van der Waals surface area contributed by atoms with Gasteiger partial charge in [0.05, 0.1) is 12.6 Å². The summed E-state index contributed by atoms with van der Waals surface area (Å²) in [5, 5.41) is 2.06. The van der Waals surface area contributed by atoms with Crippen LogP contribution >= 0.6 is 0 Å². The van der Waals surface area contributed by atoms with Gasteiger partial charge in [-0.25, -0.2) is 0 Å². The molecule has 2 atom stereocenters. The van der Waals surface area contributed by atoms with Crippen LogP contribution in [0.1, 0.15) is 36.9 Å². The van der Waals surface area contributed by atoms with Crippen molar-refractivity contribution in [3.63, 3.8) is 0 Å². The van der Waals surface area contributed by atoms with Gasteiger partial charge in [0.25, 0.3) is 0 Å². The van der Waals surface area contributed by atoms with Crippen LogP contribution in [0.25, 0.3) is 0 Å². The second-order valence-electron chi connectivity index (χ2n) is 4.76. The second-order valence-corrected chi connectivity index (χ2v) is 4.76. The molecule has 1 heterocycles. The second kappa shape index (κ2) is 5.63. The number of aryl methyl sites for hydroxylation is 1. The zero-order valence-electron chi connectivity index (χ0n) is 10.7. The average molecular weight is 234 g/mol. The lowest BCUT2D eigenvalue weighted by molar-refractivity contribution is -0.148. The van der Waals surface area contributed by atoms with Crippen LogP contribution in [0, 0.1) is 6.92 Å². The molecule has 3 heteroatoms. The Labute approximate surface area is 104 Å². The molecular formula is C14H22N2O. The first kappa shape index (κ1) is 12.6. The molecule has 1 aromatic rings. The van der Waals surface area contributed by atoms with Crippen molar-refractivity contribution in [2.75, 3.05) is 13.2 Å². The monoisotopic (exact) mass is 234 g/mol. The molecule has 0 radical (unpaired) electrons. The Kier molecular flexibility index (Phi) is 4.15. The van der Waals surface area contributed by atoms with E-state index in [0.29, 0.717) is 0 Å². The van der Waals surface area contributed by atoms with E-state index in [2.05, 4.69) is 43.2 Å². The highest BCUT2D eigenvalue weighted by Gasteiger charge is 2.29. The number of nitrogens with zero attached hydrogens (tertiary/aromatic N) is 1. The van der Waals surface area contributed by atoms with Gasteiger partial charge >= 0.3 is 0 Å². The largest absolute Gasteiger partial charge is 0.326 e. The van der Waals surface area contributed by atoms with Gasteiger partial charge in [-0.15, -0.1) is 0 Å². The molecule has 1 saturated heterocycles. The summed E-state index contributed by atoms with van der Waals surface area (Å²) >= 11 is 0. The Balaban J connectivity index is 2.25. The molecule has 0 amide bonds. The van der Waals surface area contributed by atoms with Crippen LogP contribution in [-0.2, 0) is 4.84 Å². The van der Waals surface area contributed by atoms with Crippen molar-refractivity contribution in [2.24, 2.45) is 5.73 Å². The molecule has 2 rings (SSSR count). The van der Waals surface area contributed by atoms with E-state index in [-0.39, 0.29) is 12.1 Å². The maximum absolute atomic E-state index is 6.26. The standard InChI is InChI=1S/C14H22N2O/c1-3-13(15)14(16-8-5-9-17-16)12-7-4-6-11(2)10-12/h4,6-7,10,13-14H,3,5,8-9,15H2,1-2H3. The maximum atomic E-state index is 6.26. The summed E-state index contributed by atoms with van der Waals surface area (Å²) in [4.78, 5) is 5.69. The summed E-state index contributed by atoms with van der Waals surface area (Å²) in [5.74, 6) is 0. The van der Waals surface area contributed by atoms with E-state index < -0.39 is 0 Å². The van der Waals surface area contributed by atoms with Crippen LogP contribution in [0.2, 0.25) is 0 Å². The fraction of sp³-hybridized carbons (Fsp3) is 0.571. The predicted molar refractivity (Wildman–Crippen MR) is 69.5 cm³/mol. The van der Waals surface area contributed by atoms with Crippen LogP contribution in [0.15, 0.2) is 24.3 Å². The molecule has 17 heavy (non-hydrogen) atoms. The van der Waals surface area contributed by atoms with Crippen molar-refractivity contribution in [2.45, 2.75) is 38.8 Å². The van der Waals surface area contributed by atoms with Crippen molar-refractivity contribution in [1.29, 1.82) is 0 Å². The summed E-state index contributed by atoms with van der Waals surface area (Å²) in [6, 6.07) is 8.87. The van der Waals surface area contributed by atoms with Gasteiger partial charge in [-0.1, -0.05) is 36.8 Å². The van der Waals surface area contributed by atoms with E-state index >= 15 is 0 Å². The Hall–Kier alpha value is -0.900. The van der Waals surface area contributed by atoms with Crippen LogP contribution in [-0.4, -0.2) is 24.3 Å². The van der Waals surface area contributed by atoms with Crippen LogP contribution in [0.5, 0.6) is 0 Å². The van der Waals surface area contributed by atoms with Crippen molar-refractivity contribution in [3.05, 3.63) is 35.4 Å². The highest BCUT2D eigenvalue weighted by molar-refractivity contribution is 5.26. The lowest BCUT2D eigenvalue weighted by Crippen LogP contribution is -2.38. The van der Waals surface area contributed by atoms with E-state index in [9.17, 15) is 0 Å². The van der Waals surface area contributed by atoms with Crippen molar-refractivity contribution >= 4 is 0 Å². The average Bonchev–Trinajstić information content (AvgIpc) is 2.83. The summed E-state index contributed by atoms with van der Waals surface area (Å²) in [6.45, 7) is 6.04. The van der Waals surface area contributed by atoms with Gasteiger partial charge in [-0.05, 0) is 25.3 Å².